The van der Waals surface area contributed by atoms with Crippen molar-refractivity contribution < 1.29 is 37.8 Å². The average molecular weight is 1150 g/mol. The van der Waals surface area contributed by atoms with Crippen molar-refractivity contribution in [1.29, 1.82) is 5.26 Å². The number of nitrogens with one attached hydrogen (secondary N) is 2. The van der Waals surface area contributed by atoms with Gasteiger partial charge in [0.05, 0.1) is 36.3 Å². The predicted octanol–water partition coefficient (Wildman–Crippen LogP) is 8.00. The van der Waals surface area contributed by atoms with E-state index in [-0.39, 0.29) is 59.5 Å². The third-order valence-electron chi connectivity index (χ3n) is 15.9. The minimum Gasteiger partial charge on any atom is -0.508 e. The number of alkyl halides is 3. The number of anilines is 3. The van der Waals surface area contributed by atoms with Gasteiger partial charge in [0.15, 0.2) is 5.82 Å². The molecule has 22 heteroatoms. The standard InChI is InChI=1S/C62H69F3N14O5/c1-40(2)50-32-51(55(82)33-54(50)81)58-71-72-59(60(84)68-39-62(63,64)65)79(58)46-18-16-43(17-19-46)35-73(4)34-42-12-14-44(15-13-42)36-74-26-28-75(29-27-74)56(83)21-24-67-61-69-52-38-76(53-11-7-9-45-8-5-6-10-48(45)53)25-22-49(52)57(70-61)77-30-31-78(41(3)80)47(37-77)20-23-66/h5-19,32-33,40,47,81-82H,20-22,24-31,34-39H2,1-4H3,(H,68,84)(H,67,69,70)/t47-/m1/s1. The number of phenols is 2. The number of amides is 3. The molecule has 19 nitrogen and oxygen atoms in total. The quantitative estimate of drug-likeness (QED) is 0.0641. The van der Waals surface area contributed by atoms with E-state index < -0.39 is 24.5 Å². The van der Waals surface area contributed by atoms with Crippen LogP contribution in [-0.2, 0) is 42.2 Å². The van der Waals surface area contributed by atoms with Crippen LogP contribution in [0.2, 0.25) is 0 Å². The van der Waals surface area contributed by atoms with Gasteiger partial charge in [-0.3, -0.25) is 28.8 Å². The molecule has 3 aliphatic heterocycles. The third kappa shape index (κ3) is 13.5. The van der Waals surface area contributed by atoms with E-state index in [9.17, 15) is 43.0 Å². The van der Waals surface area contributed by atoms with Crippen LogP contribution in [0.5, 0.6) is 11.5 Å². The van der Waals surface area contributed by atoms with Crippen LogP contribution < -0.4 is 20.4 Å². The summed E-state index contributed by atoms with van der Waals surface area (Å²) in [6.07, 6.45) is -3.43. The third-order valence-corrected chi connectivity index (χ3v) is 15.9. The zero-order valence-corrected chi connectivity index (χ0v) is 47.6. The summed E-state index contributed by atoms with van der Waals surface area (Å²) in [6.45, 7) is 11.6. The molecule has 0 aliphatic carbocycles. The van der Waals surface area contributed by atoms with E-state index in [1.807, 2.05) is 49.3 Å². The SMILES string of the molecule is CC(=O)N1CCN(c2nc(NCCC(=O)N3CCN(Cc4ccc(CN(C)Cc5ccc(-n6c(C(=O)NCC(F)(F)F)nnc6-c6cc(C(C)C)c(O)cc6O)cc5)cc4)CC3)nc3c2CCN(c2cccc4ccccc24)C3)C[C@H]1CC#N. The van der Waals surface area contributed by atoms with Crippen molar-refractivity contribution in [3.8, 4) is 34.6 Å². The Morgan fingerprint density at radius 1 is 0.821 bits per heavy atom. The fourth-order valence-corrected chi connectivity index (χ4v) is 11.6. The van der Waals surface area contributed by atoms with Crippen molar-refractivity contribution in [2.75, 3.05) is 87.6 Å². The Bertz CT molecular complexity index is 3560. The first-order valence-corrected chi connectivity index (χ1v) is 28.4. The van der Waals surface area contributed by atoms with Gasteiger partial charge in [-0.05, 0) is 71.3 Å². The van der Waals surface area contributed by atoms with E-state index in [1.165, 1.54) is 21.4 Å². The molecule has 7 aromatic rings. The Hall–Kier alpha value is -8.81. The first-order valence-electron chi connectivity index (χ1n) is 28.4. The van der Waals surface area contributed by atoms with Crippen LogP contribution in [0.15, 0.2) is 103 Å². The molecule has 10 rings (SSSR count). The van der Waals surface area contributed by atoms with Crippen LogP contribution >= 0.6 is 0 Å². The lowest BCUT2D eigenvalue weighted by Gasteiger charge is -2.42. The summed E-state index contributed by atoms with van der Waals surface area (Å²) in [5.41, 5.74) is 7.32. The molecule has 5 heterocycles. The van der Waals surface area contributed by atoms with Crippen LogP contribution in [0.25, 0.3) is 27.8 Å². The first kappa shape index (κ1) is 58.4. The van der Waals surface area contributed by atoms with Crippen LogP contribution in [0, 0.1) is 11.3 Å². The summed E-state index contributed by atoms with van der Waals surface area (Å²) in [4.78, 5) is 62.2. The van der Waals surface area contributed by atoms with E-state index in [1.54, 1.807) is 24.0 Å². The van der Waals surface area contributed by atoms with Gasteiger partial charge in [-0.15, -0.1) is 10.2 Å². The number of nitriles is 1. The summed E-state index contributed by atoms with van der Waals surface area (Å²) in [7, 11) is 1.99. The maximum absolute atomic E-state index is 13.7. The molecule has 0 spiro atoms. The van der Waals surface area contributed by atoms with E-state index in [4.69, 9.17) is 9.97 Å². The number of aromatic nitrogens is 5. The molecule has 0 unspecified atom stereocenters. The van der Waals surface area contributed by atoms with Gasteiger partial charge in [0.2, 0.25) is 23.6 Å². The van der Waals surface area contributed by atoms with Crippen molar-refractivity contribution in [2.45, 2.75) is 84.3 Å². The lowest BCUT2D eigenvalue weighted by Crippen LogP contribution is -2.55. The molecule has 2 saturated heterocycles. The van der Waals surface area contributed by atoms with Crippen LogP contribution in [0.1, 0.15) is 83.7 Å². The van der Waals surface area contributed by atoms with Crippen molar-refractivity contribution in [3.05, 3.63) is 142 Å². The summed E-state index contributed by atoms with van der Waals surface area (Å²) >= 11 is 0. The normalized spacial score (nSPS) is 15.8. The molecule has 0 saturated carbocycles. The molecular weight excluding hydrogens is 1080 g/mol. The van der Waals surface area contributed by atoms with Crippen molar-refractivity contribution in [2.24, 2.45) is 0 Å². The van der Waals surface area contributed by atoms with Gasteiger partial charge in [0, 0.05) is 120 Å². The van der Waals surface area contributed by atoms with Crippen LogP contribution in [0.3, 0.4) is 0 Å². The number of carbonyl (C=O) groups is 3. The fraction of sp³-hybridized carbons (Fsp3) is 0.387. The molecule has 438 valence electrons. The highest BCUT2D eigenvalue weighted by Gasteiger charge is 2.34. The molecule has 84 heavy (non-hydrogen) atoms. The number of benzene rings is 5. The fourth-order valence-electron chi connectivity index (χ4n) is 11.6. The number of phenolic OH excluding ortho intramolecular Hbond substituents is 2. The Labute approximate surface area is 485 Å². The number of aromatic hydroxyl groups is 2. The zero-order chi connectivity index (χ0) is 59.2. The number of hydrogen-bond acceptors (Lipinski definition) is 15. The van der Waals surface area contributed by atoms with Gasteiger partial charge in [-0.2, -0.15) is 23.4 Å². The van der Waals surface area contributed by atoms with Crippen molar-refractivity contribution in [1.82, 2.24) is 49.6 Å². The van der Waals surface area contributed by atoms with Gasteiger partial charge < -0.3 is 40.4 Å². The van der Waals surface area contributed by atoms with Gasteiger partial charge in [0.1, 0.15) is 23.9 Å². The van der Waals surface area contributed by atoms with E-state index in [0.29, 0.717) is 76.1 Å². The number of carbonyl (C=O) groups excluding carboxylic acids is 3. The Balaban J connectivity index is 0.724. The van der Waals surface area contributed by atoms with Gasteiger partial charge in [-0.1, -0.05) is 86.6 Å². The Morgan fingerprint density at radius 2 is 1.52 bits per heavy atom. The maximum atomic E-state index is 13.7. The molecule has 2 fully saturated rings. The minimum absolute atomic E-state index is 0.00355. The number of piperazine rings is 2. The second-order valence-electron chi connectivity index (χ2n) is 22.2. The Kier molecular flexibility index (Phi) is 17.6. The van der Waals surface area contributed by atoms with Crippen LogP contribution in [0.4, 0.5) is 30.6 Å². The van der Waals surface area contributed by atoms with Crippen LogP contribution in [-0.4, -0.2) is 157 Å². The molecule has 0 radical (unpaired) electrons. The van der Waals surface area contributed by atoms with E-state index in [0.717, 1.165) is 78.1 Å². The number of rotatable bonds is 18. The van der Waals surface area contributed by atoms with E-state index >= 15 is 0 Å². The minimum atomic E-state index is -4.66. The molecule has 2 aromatic heterocycles. The topological polar surface area (TPSA) is 215 Å². The monoisotopic (exact) mass is 1150 g/mol. The molecule has 4 N–H and O–H groups in total. The molecule has 3 amide bonds. The van der Waals surface area contributed by atoms with Crippen molar-refractivity contribution >= 4 is 45.9 Å². The van der Waals surface area contributed by atoms with Gasteiger partial charge in [0.25, 0.3) is 5.91 Å². The lowest BCUT2D eigenvalue weighted by atomic mass is 9.98. The number of nitrogens with zero attached hydrogens (tertiary/aromatic N) is 12. The highest BCUT2D eigenvalue weighted by atomic mass is 19.4. The number of hydrogen-bond donors (Lipinski definition) is 4. The van der Waals surface area contributed by atoms with Crippen molar-refractivity contribution in [3.63, 3.8) is 0 Å². The number of halogens is 3. The summed E-state index contributed by atoms with van der Waals surface area (Å²) < 4.78 is 40.6. The average Bonchev–Trinajstić information content (AvgIpc) is 2.50. The molecule has 1 atom stereocenters. The second-order valence-corrected chi connectivity index (χ2v) is 22.2. The van der Waals surface area contributed by atoms with E-state index in [2.05, 4.69) is 102 Å². The molecule has 5 aromatic carbocycles. The largest absolute Gasteiger partial charge is 0.508 e. The number of fused-ring (bicyclic) bond motifs is 2. The molecule has 0 bridgehead atoms. The lowest BCUT2D eigenvalue weighted by molar-refractivity contribution is -0.133. The zero-order valence-electron chi connectivity index (χ0n) is 47.6. The molecule has 3 aliphatic rings. The highest BCUT2D eigenvalue weighted by molar-refractivity contribution is 5.94. The Morgan fingerprint density at radius 3 is 2.23 bits per heavy atom. The van der Waals surface area contributed by atoms with Gasteiger partial charge >= 0.3 is 6.18 Å². The summed E-state index contributed by atoms with van der Waals surface area (Å²) in [5, 5.41) is 46.7. The maximum Gasteiger partial charge on any atom is 0.405 e. The van der Waals surface area contributed by atoms with Gasteiger partial charge in [-0.25, -0.2) is 4.98 Å². The predicted molar refractivity (Wildman–Crippen MR) is 314 cm³/mol. The second kappa shape index (κ2) is 25.4. The highest BCUT2D eigenvalue weighted by Crippen LogP contribution is 2.39. The smallest absolute Gasteiger partial charge is 0.405 e. The summed E-state index contributed by atoms with van der Waals surface area (Å²) in [5.74, 6) is -0.873. The first-order chi connectivity index (χ1) is 40.4. The molecular formula is C62H69F3N14O5. The summed E-state index contributed by atoms with van der Waals surface area (Å²) in [6, 6.07) is 35.0.